The van der Waals surface area contributed by atoms with Gasteiger partial charge in [0.15, 0.2) is 0 Å². The summed E-state index contributed by atoms with van der Waals surface area (Å²) in [7, 11) is 0. The van der Waals surface area contributed by atoms with Gasteiger partial charge in [-0.1, -0.05) is 0 Å². The van der Waals surface area contributed by atoms with Crippen molar-refractivity contribution in [3.05, 3.63) is 22.4 Å². The second kappa shape index (κ2) is 6.51. The van der Waals surface area contributed by atoms with Crippen LogP contribution in [0.3, 0.4) is 0 Å². The molecule has 0 atom stereocenters. The summed E-state index contributed by atoms with van der Waals surface area (Å²) >= 11 is 1.45. The topological polar surface area (TPSA) is 86.7 Å². The van der Waals surface area contributed by atoms with Crippen molar-refractivity contribution >= 4 is 29.1 Å². The van der Waals surface area contributed by atoms with Crippen molar-refractivity contribution < 1.29 is 19.5 Å². The van der Waals surface area contributed by atoms with Crippen LogP contribution in [-0.4, -0.2) is 47.4 Å². The highest BCUT2D eigenvalue weighted by Gasteiger charge is 2.31. The van der Waals surface area contributed by atoms with Gasteiger partial charge in [0.05, 0.1) is 6.42 Å². The summed E-state index contributed by atoms with van der Waals surface area (Å²) in [4.78, 5) is 35.5. The Balaban J connectivity index is 1.62. The summed E-state index contributed by atoms with van der Waals surface area (Å²) in [6.45, 7) is 1.31. The lowest BCUT2D eigenvalue weighted by atomic mass is 9.96. The van der Waals surface area contributed by atoms with Gasteiger partial charge in [0.1, 0.15) is 0 Å². The number of likely N-dealkylation sites (tertiary alicyclic amines) is 1. The molecule has 2 N–H and O–H groups in total. The maximum absolute atomic E-state index is 11.8. The molecule has 20 heavy (non-hydrogen) atoms. The lowest BCUT2D eigenvalue weighted by molar-refractivity contribution is -0.145. The van der Waals surface area contributed by atoms with E-state index in [0.29, 0.717) is 25.2 Å². The Labute approximate surface area is 120 Å². The summed E-state index contributed by atoms with van der Waals surface area (Å²) in [6.07, 6.45) is 0.355. The third-order valence-corrected chi connectivity index (χ3v) is 3.86. The number of carboxylic acids is 1. The molecule has 6 nitrogen and oxygen atoms in total. The molecule has 108 valence electrons. The molecule has 0 aromatic carbocycles. The van der Waals surface area contributed by atoms with Crippen molar-refractivity contribution in [2.45, 2.75) is 12.8 Å². The number of hydrogen-bond donors (Lipinski definition) is 2. The van der Waals surface area contributed by atoms with Gasteiger partial charge in [-0.05, 0) is 11.4 Å². The molecule has 1 aliphatic rings. The molecule has 1 saturated heterocycles. The van der Waals surface area contributed by atoms with Crippen LogP contribution in [0.25, 0.3) is 0 Å². The van der Waals surface area contributed by atoms with E-state index in [-0.39, 0.29) is 30.6 Å². The van der Waals surface area contributed by atoms with Crippen LogP contribution < -0.4 is 5.32 Å². The molecule has 1 aromatic heterocycles. The van der Waals surface area contributed by atoms with Gasteiger partial charge in [-0.25, -0.2) is 0 Å². The van der Waals surface area contributed by atoms with E-state index < -0.39 is 5.97 Å². The number of carboxylic acid groups (broad SMARTS) is 1. The molecular weight excluding hydrogens is 280 g/mol. The molecule has 0 spiro atoms. The van der Waals surface area contributed by atoms with Gasteiger partial charge in [-0.15, -0.1) is 0 Å². The zero-order chi connectivity index (χ0) is 14.5. The average Bonchev–Trinajstić information content (AvgIpc) is 2.86. The number of thiophene rings is 1. The Kier molecular flexibility index (Phi) is 4.73. The highest BCUT2D eigenvalue weighted by Crippen LogP contribution is 2.19. The van der Waals surface area contributed by atoms with Gasteiger partial charge in [0.25, 0.3) is 5.91 Å². The molecule has 2 rings (SSSR count). The summed E-state index contributed by atoms with van der Waals surface area (Å²) in [5.41, 5.74) is 0.605. The second-order valence-corrected chi connectivity index (χ2v) is 5.56. The van der Waals surface area contributed by atoms with Crippen LogP contribution in [0, 0.1) is 5.92 Å². The first-order chi connectivity index (χ1) is 9.56. The third-order valence-electron chi connectivity index (χ3n) is 3.18. The number of carbonyl (C=O) groups excluding carboxylic acids is 2. The van der Waals surface area contributed by atoms with E-state index in [1.54, 1.807) is 16.3 Å². The van der Waals surface area contributed by atoms with Crippen LogP contribution >= 0.6 is 11.3 Å². The van der Waals surface area contributed by atoms with Crippen LogP contribution in [0.1, 0.15) is 23.2 Å². The van der Waals surface area contributed by atoms with E-state index in [9.17, 15) is 14.4 Å². The lowest BCUT2D eigenvalue weighted by Gasteiger charge is -2.38. The maximum atomic E-state index is 11.8. The molecule has 0 bridgehead atoms. The molecule has 7 heteroatoms. The minimum atomic E-state index is -0.829. The van der Waals surface area contributed by atoms with E-state index in [1.165, 1.54) is 11.3 Å². The van der Waals surface area contributed by atoms with Crippen molar-refractivity contribution in [1.82, 2.24) is 10.2 Å². The number of hydrogen-bond acceptors (Lipinski definition) is 4. The number of nitrogens with one attached hydrogen (secondary N) is 1. The van der Waals surface area contributed by atoms with Crippen LogP contribution in [0.2, 0.25) is 0 Å². The summed E-state index contributed by atoms with van der Waals surface area (Å²) in [6, 6.07) is 1.73. The minimum absolute atomic E-state index is 0.0442. The van der Waals surface area contributed by atoms with Crippen molar-refractivity contribution in [3.8, 4) is 0 Å². The van der Waals surface area contributed by atoms with E-state index in [0.717, 1.165) is 0 Å². The molecule has 0 radical (unpaired) electrons. The molecule has 1 aliphatic heterocycles. The molecule has 0 aliphatic carbocycles. The quantitative estimate of drug-likeness (QED) is 0.813. The van der Waals surface area contributed by atoms with Gasteiger partial charge in [-0.3, -0.25) is 14.4 Å². The number of amides is 2. The van der Waals surface area contributed by atoms with Crippen molar-refractivity contribution in [1.29, 1.82) is 0 Å². The first kappa shape index (κ1) is 14.5. The molecular formula is C13H16N2O4S. The molecule has 0 unspecified atom stereocenters. The maximum Gasteiger partial charge on any atom is 0.303 e. The van der Waals surface area contributed by atoms with E-state index >= 15 is 0 Å². The Morgan fingerprint density at radius 1 is 1.40 bits per heavy atom. The first-order valence-corrected chi connectivity index (χ1v) is 7.30. The van der Waals surface area contributed by atoms with Crippen molar-refractivity contribution in [2.75, 3.05) is 19.6 Å². The van der Waals surface area contributed by atoms with Gasteiger partial charge in [-0.2, -0.15) is 11.3 Å². The van der Waals surface area contributed by atoms with Crippen molar-refractivity contribution in [3.63, 3.8) is 0 Å². The Morgan fingerprint density at radius 2 is 2.15 bits per heavy atom. The highest BCUT2D eigenvalue weighted by atomic mass is 32.1. The zero-order valence-electron chi connectivity index (χ0n) is 10.9. The Morgan fingerprint density at radius 3 is 2.75 bits per heavy atom. The normalized spacial score (nSPS) is 14.7. The molecule has 2 amide bonds. The zero-order valence-corrected chi connectivity index (χ0v) is 11.7. The fourth-order valence-electron chi connectivity index (χ4n) is 2.09. The smallest absolute Gasteiger partial charge is 0.303 e. The lowest BCUT2D eigenvalue weighted by Crippen LogP contribution is -2.51. The Bertz CT molecular complexity index is 494. The minimum Gasteiger partial charge on any atom is -0.481 e. The van der Waals surface area contributed by atoms with E-state index in [4.69, 9.17) is 5.11 Å². The predicted molar refractivity (Wildman–Crippen MR) is 73.6 cm³/mol. The average molecular weight is 296 g/mol. The molecule has 2 heterocycles. The highest BCUT2D eigenvalue weighted by molar-refractivity contribution is 7.08. The standard InChI is InChI=1S/C13H16N2O4S/c16-11(15-6-9(7-15)5-12(17)18)1-3-14-13(19)10-2-4-20-8-10/h2,4,8-9H,1,3,5-7H2,(H,14,19)(H,17,18). The number of rotatable bonds is 6. The van der Waals surface area contributed by atoms with Gasteiger partial charge >= 0.3 is 5.97 Å². The van der Waals surface area contributed by atoms with Gasteiger partial charge < -0.3 is 15.3 Å². The molecule has 1 aromatic rings. The fraction of sp³-hybridized carbons (Fsp3) is 0.462. The summed E-state index contributed by atoms with van der Waals surface area (Å²) < 4.78 is 0. The number of nitrogens with zero attached hydrogens (tertiary/aromatic N) is 1. The van der Waals surface area contributed by atoms with Crippen molar-refractivity contribution in [2.24, 2.45) is 5.92 Å². The van der Waals surface area contributed by atoms with Crippen LogP contribution in [0.4, 0.5) is 0 Å². The van der Waals surface area contributed by atoms with Gasteiger partial charge in [0, 0.05) is 42.9 Å². The monoisotopic (exact) mass is 296 g/mol. The number of aliphatic carboxylic acids is 1. The van der Waals surface area contributed by atoms with Gasteiger partial charge in [0.2, 0.25) is 5.91 Å². The van der Waals surface area contributed by atoms with E-state index in [2.05, 4.69) is 5.32 Å². The van der Waals surface area contributed by atoms with Crippen LogP contribution in [0.15, 0.2) is 16.8 Å². The Hall–Kier alpha value is -1.89. The number of carbonyl (C=O) groups is 3. The van der Waals surface area contributed by atoms with E-state index in [1.807, 2.05) is 5.38 Å². The summed E-state index contributed by atoms with van der Waals surface area (Å²) in [5.74, 6) is -0.981. The second-order valence-electron chi connectivity index (χ2n) is 4.78. The largest absolute Gasteiger partial charge is 0.481 e. The van der Waals surface area contributed by atoms with Crippen LogP contribution in [-0.2, 0) is 9.59 Å². The fourth-order valence-corrected chi connectivity index (χ4v) is 2.72. The summed E-state index contributed by atoms with van der Waals surface area (Å²) in [5, 5.41) is 14.9. The molecule has 0 saturated carbocycles. The van der Waals surface area contributed by atoms with Crippen LogP contribution in [0.5, 0.6) is 0 Å². The molecule has 1 fully saturated rings. The third kappa shape index (κ3) is 3.80. The predicted octanol–water partition coefficient (Wildman–Crippen LogP) is 0.801. The SMILES string of the molecule is O=C(O)CC1CN(C(=O)CCNC(=O)c2ccsc2)C1. The first-order valence-electron chi connectivity index (χ1n) is 6.36.